The summed E-state index contributed by atoms with van der Waals surface area (Å²) in [5.41, 5.74) is 0. The van der Waals surface area contributed by atoms with Crippen LogP contribution in [-0.2, 0) is 0 Å². The number of hydrogen-bond acceptors (Lipinski definition) is 1. The van der Waals surface area contributed by atoms with Crippen molar-refractivity contribution in [3.8, 4) is 0 Å². The molecule has 0 bridgehead atoms. The Morgan fingerprint density at radius 1 is 1.88 bits per heavy atom. The van der Waals surface area contributed by atoms with E-state index in [-0.39, 0.29) is 6.04 Å². The van der Waals surface area contributed by atoms with Crippen LogP contribution in [-0.4, -0.2) is 28.7 Å². The van der Waals surface area contributed by atoms with Crippen molar-refractivity contribution in [1.82, 2.24) is 4.90 Å². The Bertz CT molecular complexity index is 113. The molecule has 46 valence electrons. The summed E-state index contributed by atoms with van der Waals surface area (Å²) < 4.78 is 0. The summed E-state index contributed by atoms with van der Waals surface area (Å²) in [6.45, 7) is 2.63. The molecule has 1 aliphatic rings. The third kappa shape index (κ3) is 0.638. The first-order chi connectivity index (χ1) is 3.72. The molecule has 0 radical (unpaired) electrons. The van der Waals surface area contributed by atoms with Crippen molar-refractivity contribution in [2.45, 2.75) is 19.4 Å². The highest BCUT2D eigenvalue weighted by Crippen LogP contribution is 2.15. The van der Waals surface area contributed by atoms with Gasteiger partial charge in [-0.2, -0.15) is 0 Å². The maximum Gasteiger partial charge on any atom is 0.407 e. The molecule has 1 atom stereocenters. The van der Waals surface area contributed by atoms with Crippen molar-refractivity contribution < 1.29 is 9.90 Å². The SMILES string of the molecule is C[C@@H]1CCN1C(=O)O. The van der Waals surface area contributed by atoms with E-state index < -0.39 is 6.09 Å². The molecule has 0 spiro atoms. The smallest absolute Gasteiger partial charge is 0.407 e. The monoisotopic (exact) mass is 115 g/mol. The van der Waals surface area contributed by atoms with E-state index in [1.807, 2.05) is 6.92 Å². The van der Waals surface area contributed by atoms with Gasteiger partial charge in [0.25, 0.3) is 0 Å². The highest BCUT2D eigenvalue weighted by Gasteiger charge is 2.27. The second-order valence-electron chi connectivity index (χ2n) is 2.11. The summed E-state index contributed by atoms with van der Waals surface area (Å²) in [5, 5.41) is 8.33. The molecular weight excluding hydrogens is 106 g/mol. The molecule has 1 saturated heterocycles. The molecule has 1 amide bonds. The fourth-order valence-electron chi connectivity index (χ4n) is 0.801. The first-order valence-corrected chi connectivity index (χ1v) is 2.71. The van der Waals surface area contributed by atoms with Gasteiger partial charge in [0.15, 0.2) is 0 Å². The summed E-state index contributed by atoms with van der Waals surface area (Å²) in [6, 6.07) is 0.257. The number of likely N-dealkylation sites (tertiary alicyclic amines) is 1. The van der Waals surface area contributed by atoms with E-state index in [0.29, 0.717) is 0 Å². The number of hydrogen-bond donors (Lipinski definition) is 1. The Morgan fingerprint density at radius 2 is 2.50 bits per heavy atom. The van der Waals surface area contributed by atoms with Gasteiger partial charge in [-0.25, -0.2) is 4.79 Å². The molecule has 0 saturated carbocycles. The van der Waals surface area contributed by atoms with Crippen molar-refractivity contribution in [2.24, 2.45) is 0 Å². The summed E-state index contributed by atoms with van der Waals surface area (Å²) in [5.74, 6) is 0. The molecule has 1 fully saturated rings. The second-order valence-corrected chi connectivity index (χ2v) is 2.11. The van der Waals surface area contributed by atoms with E-state index in [9.17, 15) is 4.79 Å². The number of rotatable bonds is 0. The third-order valence-corrected chi connectivity index (χ3v) is 1.57. The molecule has 8 heavy (non-hydrogen) atoms. The Kier molecular flexibility index (Phi) is 1.12. The van der Waals surface area contributed by atoms with Gasteiger partial charge in [-0.3, -0.25) is 0 Å². The largest absolute Gasteiger partial charge is 0.465 e. The molecule has 0 unspecified atom stereocenters. The standard InChI is InChI=1S/C5H9NO2/c1-4-2-3-6(4)5(7)8/h4H,2-3H2,1H3,(H,7,8)/t4-/m1/s1. The first kappa shape index (κ1) is 5.41. The Hall–Kier alpha value is -0.730. The predicted octanol–water partition coefficient (Wildman–Crippen LogP) is 0.759. The van der Waals surface area contributed by atoms with Crippen LogP contribution in [0.3, 0.4) is 0 Å². The quantitative estimate of drug-likeness (QED) is 0.506. The van der Waals surface area contributed by atoms with E-state index >= 15 is 0 Å². The van der Waals surface area contributed by atoms with Crippen LogP contribution in [0.2, 0.25) is 0 Å². The van der Waals surface area contributed by atoms with Crippen LogP contribution in [0.25, 0.3) is 0 Å². The maximum atomic E-state index is 10.1. The fraction of sp³-hybridized carbons (Fsp3) is 0.800. The van der Waals surface area contributed by atoms with Gasteiger partial charge in [0.05, 0.1) is 0 Å². The molecule has 0 aromatic carbocycles. The summed E-state index contributed by atoms with van der Waals surface area (Å²) in [4.78, 5) is 11.5. The van der Waals surface area contributed by atoms with Crippen LogP contribution >= 0.6 is 0 Å². The Labute approximate surface area is 47.9 Å². The average Bonchev–Trinajstić information content (AvgIpc) is 1.61. The van der Waals surface area contributed by atoms with Crippen molar-refractivity contribution in [3.05, 3.63) is 0 Å². The lowest BCUT2D eigenvalue weighted by atomic mass is 10.1. The van der Waals surface area contributed by atoms with Crippen LogP contribution in [0.4, 0.5) is 4.79 Å². The first-order valence-electron chi connectivity index (χ1n) is 2.71. The molecule has 3 nitrogen and oxygen atoms in total. The topological polar surface area (TPSA) is 40.5 Å². The highest BCUT2D eigenvalue weighted by molar-refractivity contribution is 5.66. The summed E-state index contributed by atoms with van der Waals surface area (Å²) in [7, 11) is 0. The summed E-state index contributed by atoms with van der Waals surface area (Å²) >= 11 is 0. The van der Waals surface area contributed by atoms with Crippen molar-refractivity contribution in [3.63, 3.8) is 0 Å². The zero-order chi connectivity index (χ0) is 6.15. The minimum Gasteiger partial charge on any atom is -0.465 e. The molecule has 1 rings (SSSR count). The van der Waals surface area contributed by atoms with E-state index in [1.165, 1.54) is 4.90 Å². The van der Waals surface area contributed by atoms with E-state index in [4.69, 9.17) is 5.11 Å². The maximum absolute atomic E-state index is 10.1. The van der Waals surface area contributed by atoms with Gasteiger partial charge in [-0.1, -0.05) is 0 Å². The summed E-state index contributed by atoms with van der Waals surface area (Å²) in [6.07, 6.45) is 0.232. The lowest BCUT2D eigenvalue weighted by Gasteiger charge is -2.35. The number of amides is 1. The predicted molar refractivity (Wildman–Crippen MR) is 28.8 cm³/mol. The minimum atomic E-state index is -0.788. The van der Waals surface area contributed by atoms with Crippen LogP contribution < -0.4 is 0 Å². The highest BCUT2D eigenvalue weighted by atomic mass is 16.4. The number of carbonyl (C=O) groups is 1. The number of nitrogens with zero attached hydrogens (tertiary/aromatic N) is 1. The minimum absolute atomic E-state index is 0.257. The Morgan fingerprint density at radius 3 is 2.50 bits per heavy atom. The zero-order valence-electron chi connectivity index (χ0n) is 4.79. The lowest BCUT2D eigenvalue weighted by molar-refractivity contribution is 0.0835. The van der Waals surface area contributed by atoms with Gasteiger partial charge >= 0.3 is 6.09 Å². The van der Waals surface area contributed by atoms with Crippen molar-refractivity contribution in [1.29, 1.82) is 0 Å². The molecule has 3 heteroatoms. The zero-order valence-corrected chi connectivity index (χ0v) is 4.79. The molecule has 1 aliphatic heterocycles. The number of carboxylic acid groups (broad SMARTS) is 1. The molecule has 0 aliphatic carbocycles. The fourth-order valence-corrected chi connectivity index (χ4v) is 0.801. The van der Waals surface area contributed by atoms with E-state index in [1.54, 1.807) is 0 Å². The lowest BCUT2D eigenvalue weighted by Crippen LogP contribution is -2.48. The van der Waals surface area contributed by atoms with Crippen molar-refractivity contribution in [2.75, 3.05) is 6.54 Å². The van der Waals surface area contributed by atoms with Gasteiger partial charge < -0.3 is 10.0 Å². The average molecular weight is 115 g/mol. The molecule has 0 aromatic heterocycles. The van der Waals surface area contributed by atoms with Crippen LogP contribution in [0, 0.1) is 0 Å². The van der Waals surface area contributed by atoms with Gasteiger partial charge in [0.1, 0.15) is 0 Å². The van der Waals surface area contributed by atoms with Crippen LogP contribution in [0.1, 0.15) is 13.3 Å². The molecule has 1 heterocycles. The normalized spacial score (nSPS) is 27.1. The van der Waals surface area contributed by atoms with Gasteiger partial charge in [-0.05, 0) is 13.3 Å². The van der Waals surface area contributed by atoms with Crippen LogP contribution in [0.5, 0.6) is 0 Å². The van der Waals surface area contributed by atoms with E-state index in [2.05, 4.69) is 0 Å². The van der Waals surface area contributed by atoms with Gasteiger partial charge in [-0.15, -0.1) is 0 Å². The molecule has 0 aromatic rings. The van der Waals surface area contributed by atoms with Gasteiger partial charge in [0.2, 0.25) is 0 Å². The molecular formula is C5H9NO2. The molecule has 1 N–H and O–H groups in total. The van der Waals surface area contributed by atoms with E-state index in [0.717, 1.165) is 13.0 Å². The van der Waals surface area contributed by atoms with Crippen LogP contribution in [0.15, 0.2) is 0 Å². The second kappa shape index (κ2) is 1.65. The third-order valence-electron chi connectivity index (χ3n) is 1.57. The van der Waals surface area contributed by atoms with Crippen molar-refractivity contribution >= 4 is 6.09 Å². The van der Waals surface area contributed by atoms with Gasteiger partial charge in [0, 0.05) is 12.6 Å². The Balaban J connectivity index is 2.37.